The minimum atomic E-state index is -4.52. The highest BCUT2D eigenvalue weighted by molar-refractivity contribution is 7.86. The molecule has 2 aliphatic rings. The second-order valence-electron chi connectivity index (χ2n) is 6.40. The fourth-order valence-corrected chi connectivity index (χ4v) is 4.00. The van der Waals surface area contributed by atoms with Gasteiger partial charge < -0.3 is 19.9 Å². The van der Waals surface area contributed by atoms with Gasteiger partial charge in [0.25, 0.3) is 0 Å². The normalized spacial score (nSPS) is 22.0. The van der Waals surface area contributed by atoms with E-state index in [9.17, 15) is 27.0 Å². The Kier molecular flexibility index (Phi) is 5.17. The lowest BCUT2D eigenvalue weighted by Crippen LogP contribution is -2.43. The molecule has 2 atom stereocenters. The third-order valence-electron chi connectivity index (χ3n) is 4.29. The number of hydrogen-bond acceptors (Lipinski definition) is 7. The number of carbonyl (C=O) groups is 2. The molecule has 2 amide bonds. The fraction of sp³-hybridized carbons (Fsp3) is 0.375. The Balaban J connectivity index is 1.81. The third-order valence-corrected chi connectivity index (χ3v) is 5.38. The summed E-state index contributed by atoms with van der Waals surface area (Å²) in [4.78, 5) is 26.5. The molecule has 152 valence electrons. The molecule has 1 saturated heterocycles. The molecule has 1 unspecified atom stereocenters. The van der Waals surface area contributed by atoms with Gasteiger partial charge in [-0.2, -0.15) is 8.42 Å². The van der Waals surface area contributed by atoms with E-state index in [1.54, 1.807) is 0 Å². The quantitative estimate of drug-likeness (QED) is 0.675. The van der Waals surface area contributed by atoms with E-state index in [4.69, 9.17) is 4.74 Å². The minimum absolute atomic E-state index is 0.0886. The standard InChI is InChI=1S/C16H19FN4O6S/c1-10(22)18-8-12-9-21(16(23)27-12)11-3-4-14(13(17)7-11)20-6-5-19(2)15(20)28(24,25)26/h3-7,12,15H,8-9H2,1-2H3,(H,18,22)(H,24,25,26)/t12-,15?/m0/s1. The van der Waals surface area contributed by atoms with Gasteiger partial charge in [-0.1, -0.05) is 0 Å². The molecule has 28 heavy (non-hydrogen) atoms. The van der Waals surface area contributed by atoms with Gasteiger partial charge in [0.15, 0.2) is 0 Å². The predicted octanol–water partition coefficient (Wildman–Crippen LogP) is 0.681. The zero-order valence-corrected chi connectivity index (χ0v) is 15.9. The molecule has 0 radical (unpaired) electrons. The van der Waals surface area contributed by atoms with E-state index in [-0.39, 0.29) is 30.4 Å². The Labute approximate surface area is 160 Å². The molecule has 2 N–H and O–H groups in total. The van der Waals surface area contributed by atoms with Crippen molar-refractivity contribution in [1.29, 1.82) is 0 Å². The second kappa shape index (κ2) is 7.28. The van der Waals surface area contributed by atoms with Gasteiger partial charge in [0, 0.05) is 26.4 Å². The van der Waals surface area contributed by atoms with Gasteiger partial charge in [-0.3, -0.25) is 14.2 Å². The lowest BCUT2D eigenvalue weighted by molar-refractivity contribution is -0.119. The van der Waals surface area contributed by atoms with Crippen LogP contribution in [0.5, 0.6) is 0 Å². The van der Waals surface area contributed by atoms with Crippen molar-refractivity contribution >= 4 is 33.5 Å². The van der Waals surface area contributed by atoms with Crippen molar-refractivity contribution in [3.63, 3.8) is 0 Å². The van der Waals surface area contributed by atoms with Gasteiger partial charge in [-0.25, -0.2) is 9.18 Å². The second-order valence-corrected chi connectivity index (χ2v) is 7.85. The first-order chi connectivity index (χ1) is 13.1. The number of benzene rings is 1. The number of anilines is 2. The van der Waals surface area contributed by atoms with Gasteiger partial charge in [0.2, 0.25) is 11.4 Å². The van der Waals surface area contributed by atoms with Crippen molar-refractivity contribution in [2.24, 2.45) is 0 Å². The molecule has 2 heterocycles. The predicted molar refractivity (Wildman–Crippen MR) is 97.4 cm³/mol. The number of halogens is 1. The molecule has 0 bridgehead atoms. The zero-order valence-electron chi connectivity index (χ0n) is 15.1. The van der Waals surface area contributed by atoms with Crippen LogP contribution in [0.25, 0.3) is 0 Å². The number of carbonyl (C=O) groups excluding carboxylic acids is 2. The molecule has 1 fully saturated rings. The summed E-state index contributed by atoms with van der Waals surface area (Å²) in [5.41, 5.74) is -1.36. The van der Waals surface area contributed by atoms with E-state index in [1.165, 1.54) is 48.3 Å². The summed E-state index contributed by atoms with van der Waals surface area (Å²) in [6, 6.07) is 3.82. The van der Waals surface area contributed by atoms with Crippen LogP contribution in [0.3, 0.4) is 0 Å². The summed E-state index contributed by atoms with van der Waals surface area (Å²) in [5.74, 6) is -1.05. The summed E-state index contributed by atoms with van der Waals surface area (Å²) >= 11 is 0. The van der Waals surface area contributed by atoms with Gasteiger partial charge >= 0.3 is 16.2 Å². The number of nitrogens with zero attached hydrogens (tertiary/aromatic N) is 3. The van der Waals surface area contributed by atoms with Crippen LogP contribution in [0.2, 0.25) is 0 Å². The summed E-state index contributed by atoms with van der Waals surface area (Å²) in [5, 5.41) is 2.54. The number of cyclic esters (lactones) is 1. The maximum Gasteiger partial charge on any atom is 0.414 e. The smallest absolute Gasteiger partial charge is 0.414 e. The van der Waals surface area contributed by atoms with Gasteiger partial charge in [0.1, 0.15) is 11.9 Å². The van der Waals surface area contributed by atoms with E-state index in [2.05, 4.69) is 5.32 Å². The summed E-state index contributed by atoms with van der Waals surface area (Å²) in [7, 11) is -3.09. The molecule has 3 rings (SSSR count). The van der Waals surface area contributed by atoms with Crippen LogP contribution in [0, 0.1) is 5.82 Å². The van der Waals surface area contributed by atoms with Crippen molar-refractivity contribution in [2.45, 2.75) is 18.5 Å². The fourth-order valence-electron chi connectivity index (χ4n) is 3.04. The average molecular weight is 414 g/mol. The van der Waals surface area contributed by atoms with E-state index >= 15 is 0 Å². The molecular weight excluding hydrogens is 395 g/mol. The van der Waals surface area contributed by atoms with Gasteiger partial charge in [-0.05, 0) is 18.2 Å². The van der Waals surface area contributed by atoms with Crippen LogP contribution in [0.4, 0.5) is 20.6 Å². The molecule has 0 aliphatic carbocycles. The lowest BCUT2D eigenvalue weighted by Gasteiger charge is -2.28. The Bertz CT molecular complexity index is 937. The summed E-state index contributed by atoms with van der Waals surface area (Å²) in [6.07, 6.45) is 1.46. The van der Waals surface area contributed by atoms with Crippen LogP contribution in [0.1, 0.15) is 6.92 Å². The Morgan fingerprint density at radius 2 is 2.11 bits per heavy atom. The molecule has 0 aromatic heterocycles. The minimum Gasteiger partial charge on any atom is -0.442 e. The van der Waals surface area contributed by atoms with Crippen molar-refractivity contribution in [3.05, 3.63) is 36.4 Å². The number of nitrogens with one attached hydrogen (secondary N) is 1. The maximum absolute atomic E-state index is 14.7. The maximum atomic E-state index is 14.7. The summed E-state index contributed by atoms with van der Waals surface area (Å²) in [6.45, 7) is 1.60. The van der Waals surface area contributed by atoms with Crippen LogP contribution in [-0.2, 0) is 19.6 Å². The largest absolute Gasteiger partial charge is 0.442 e. The topological polar surface area (TPSA) is 119 Å². The highest BCUT2D eigenvalue weighted by Crippen LogP contribution is 2.32. The van der Waals surface area contributed by atoms with Crippen molar-refractivity contribution in [2.75, 3.05) is 29.9 Å². The van der Waals surface area contributed by atoms with Gasteiger partial charge in [0.05, 0.1) is 24.5 Å². The Hall–Kier alpha value is -2.86. The zero-order chi connectivity index (χ0) is 20.6. The molecule has 1 aromatic rings. The monoisotopic (exact) mass is 414 g/mol. The van der Waals surface area contributed by atoms with Crippen LogP contribution in [-0.4, -0.2) is 61.6 Å². The first-order valence-electron chi connectivity index (χ1n) is 8.25. The molecule has 2 aliphatic heterocycles. The van der Waals surface area contributed by atoms with Crippen molar-refractivity contribution < 1.29 is 31.7 Å². The third kappa shape index (κ3) is 3.87. The highest BCUT2D eigenvalue weighted by Gasteiger charge is 2.37. The first-order valence-corrected chi connectivity index (χ1v) is 9.75. The molecule has 12 heteroatoms. The molecular formula is C16H19FN4O6S. The highest BCUT2D eigenvalue weighted by atomic mass is 32.2. The van der Waals surface area contributed by atoms with E-state index in [1.807, 2.05) is 0 Å². The van der Waals surface area contributed by atoms with E-state index in [0.717, 1.165) is 11.0 Å². The first kappa shape index (κ1) is 19.9. The van der Waals surface area contributed by atoms with Crippen LogP contribution in [0.15, 0.2) is 30.6 Å². The number of rotatable bonds is 5. The Morgan fingerprint density at radius 3 is 2.71 bits per heavy atom. The van der Waals surface area contributed by atoms with Crippen molar-refractivity contribution in [3.8, 4) is 0 Å². The Morgan fingerprint density at radius 1 is 1.39 bits per heavy atom. The SMILES string of the molecule is CC(=O)NC[C@H]1CN(c2ccc(N3C=CN(C)C3S(=O)(=O)O)c(F)c2)C(=O)O1. The average Bonchev–Trinajstić information content (AvgIpc) is 3.15. The lowest BCUT2D eigenvalue weighted by atomic mass is 10.2. The van der Waals surface area contributed by atoms with E-state index in [0.29, 0.717) is 0 Å². The molecule has 10 nitrogen and oxygen atoms in total. The number of hydrogen-bond donors (Lipinski definition) is 2. The van der Waals surface area contributed by atoms with Crippen LogP contribution >= 0.6 is 0 Å². The van der Waals surface area contributed by atoms with Crippen molar-refractivity contribution in [1.82, 2.24) is 10.2 Å². The molecule has 0 spiro atoms. The number of amides is 2. The summed E-state index contributed by atoms with van der Waals surface area (Å²) < 4.78 is 52.5. The van der Waals surface area contributed by atoms with Crippen LogP contribution < -0.4 is 15.1 Å². The molecule has 1 aromatic carbocycles. The number of ether oxygens (including phenoxy) is 1. The molecule has 0 saturated carbocycles. The van der Waals surface area contributed by atoms with E-state index < -0.39 is 33.6 Å². The van der Waals surface area contributed by atoms with Gasteiger partial charge in [-0.15, -0.1) is 0 Å².